The number of pyridine rings is 1. The van der Waals surface area contributed by atoms with Gasteiger partial charge in [0.1, 0.15) is 22.7 Å². The van der Waals surface area contributed by atoms with Crippen molar-refractivity contribution in [2.24, 2.45) is 0 Å². The first-order valence-corrected chi connectivity index (χ1v) is 20.1. The lowest BCUT2D eigenvalue weighted by atomic mass is 10.00. The Labute approximate surface area is 340 Å². The Morgan fingerprint density at radius 2 is 1.51 bits per heavy atom. The largest absolute Gasteiger partial charge is 0.495 e. The first-order chi connectivity index (χ1) is 27.5. The number of methoxy groups -OCH3 is 1. The van der Waals surface area contributed by atoms with E-state index in [0.717, 1.165) is 16.7 Å². The molecule has 2 N–H and O–H groups in total. The molecule has 1 unspecified atom stereocenters. The maximum absolute atomic E-state index is 14.0. The molecular formula is C41H45FN6O10S. The van der Waals surface area contributed by atoms with Crippen LogP contribution in [0, 0.1) is 5.82 Å². The smallest absolute Gasteiger partial charge is 0.424 e. The summed E-state index contributed by atoms with van der Waals surface area (Å²) in [5, 5.41) is 9.83. The number of carbonyl (C=O) groups excluding carboxylic acids is 4. The van der Waals surface area contributed by atoms with Crippen LogP contribution in [0.2, 0.25) is 0 Å². The van der Waals surface area contributed by atoms with E-state index < -0.39 is 51.3 Å². The highest BCUT2D eigenvalue weighted by molar-refractivity contribution is 7.90. The van der Waals surface area contributed by atoms with Gasteiger partial charge < -0.3 is 29.6 Å². The number of esters is 1. The molecule has 0 fully saturated rings. The van der Waals surface area contributed by atoms with Gasteiger partial charge in [0, 0.05) is 36.7 Å². The number of carbonyl (C=O) groups is 4. The Bertz CT molecular complexity index is 2480. The molecule has 18 heteroatoms. The molecule has 0 radical (unpaired) electrons. The van der Waals surface area contributed by atoms with Crippen LogP contribution in [-0.2, 0) is 33.6 Å². The Morgan fingerprint density at radius 1 is 0.864 bits per heavy atom. The average molecular weight is 833 g/mol. The predicted octanol–water partition coefficient (Wildman–Crippen LogP) is 7.16. The third kappa shape index (κ3) is 10.9. The van der Waals surface area contributed by atoms with Gasteiger partial charge in [0.05, 0.1) is 23.6 Å². The SMILES string of the molecule is COc1cc(S(C)(=O)=O)ccc1N(C(=O)OC(C)OC(=O)C(C)(C)NC(=O)OC(C)(C)C)c1nc2ccc(-c3ccc(NC(=O)[C@H](C)c4ccc(F)cc4)cc3)cn2n1. The molecule has 0 aliphatic heterocycles. The summed E-state index contributed by atoms with van der Waals surface area (Å²) in [6.45, 7) is 10.8. The second-order valence-electron chi connectivity index (χ2n) is 15.0. The summed E-state index contributed by atoms with van der Waals surface area (Å²) in [7, 11) is -2.40. The predicted molar refractivity (Wildman–Crippen MR) is 216 cm³/mol. The fourth-order valence-corrected chi connectivity index (χ4v) is 6.16. The first kappa shape index (κ1) is 43.6. The van der Waals surface area contributed by atoms with Gasteiger partial charge >= 0.3 is 18.2 Å². The number of halogens is 1. The number of fused-ring (bicyclic) bond motifs is 1. The van der Waals surface area contributed by atoms with Crippen LogP contribution in [0.1, 0.15) is 59.9 Å². The minimum Gasteiger partial charge on any atom is -0.495 e. The van der Waals surface area contributed by atoms with Crippen LogP contribution < -0.4 is 20.3 Å². The number of anilines is 3. The van der Waals surface area contributed by atoms with Crippen molar-refractivity contribution < 1.29 is 50.9 Å². The molecule has 16 nitrogen and oxygen atoms in total. The second kappa shape index (κ2) is 17.1. The van der Waals surface area contributed by atoms with E-state index in [1.807, 2.05) is 0 Å². The normalized spacial score (nSPS) is 12.8. The molecule has 2 aromatic heterocycles. The fourth-order valence-electron chi connectivity index (χ4n) is 5.52. The van der Waals surface area contributed by atoms with E-state index >= 15 is 0 Å². The maximum Gasteiger partial charge on any atom is 0.424 e. The Balaban J connectivity index is 1.40. The summed E-state index contributed by atoms with van der Waals surface area (Å²) in [4.78, 5) is 57.7. The van der Waals surface area contributed by atoms with Crippen molar-refractivity contribution in [3.05, 3.63) is 96.4 Å². The molecule has 2 atom stereocenters. The Hall–Kier alpha value is -6.56. The minimum atomic E-state index is -3.68. The van der Waals surface area contributed by atoms with Crippen molar-refractivity contribution in [1.29, 1.82) is 0 Å². The van der Waals surface area contributed by atoms with Crippen molar-refractivity contribution >= 4 is 56.9 Å². The molecular weight excluding hydrogens is 788 g/mol. The van der Waals surface area contributed by atoms with Crippen LogP contribution in [0.15, 0.2) is 90.0 Å². The van der Waals surface area contributed by atoms with Gasteiger partial charge in [0.2, 0.25) is 12.2 Å². The third-order valence-corrected chi connectivity index (χ3v) is 9.75. The number of rotatable bonds is 12. The number of ether oxygens (including phenoxy) is 4. The summed E-state index contributed by atoms with van der Waals surface area (Å²) in [5.41, 5.74) is 0.546. The van der Waals surface area contributed by atoms with Crippen LogP contribution in [0.4, 0.5) is 31.3 Å². The van der Waals surface area contributed by atoms with Gasteiger partial charge in [-0.15, -0.1) is 5.10 Å². The summed E-state index contributed by atoms with van der Waals surface area (Å²) in [6.07, 6.45) is -0.828. The second-order valence-corrected chi connectivity index (χ2v) is 17.0. The van der Waals surface area contributed by atoms with Gasteiger partial charge in [-0.05, 0) is 101 Å². The number of alkyl carbamates (subject to hydrolysis) is 1. The van der Waals surface area contributed by atoms with E-state index in [-0.39, 0.29) is 34.0 Å². The highest BCUT2D eigenvalue weighted by Crippen LogP contribution is 2.36. The van der Waals surface area contributed by atoms with Crippen molar-refractivity contribution in [2.75, 3.05) is 23.6 Å². The Morgan fingerprint density at radius 3 is 2.12 bits per heavy atom. The maximum atomic E-state index is 14.0. The topological polar surface area (TPSA) is 197 Å². The van der Waals surface area contributed by atoms with Crippen LogP contribution in [0.3, 0.4) is 0 Å². The molecule has 5 aromatic rings. The lowest BCUT2D eigenvalue weighted by Crippen LogP contribution is -2.52. The third-order valence-electron chi connectivity index (χ3n) is 8.64. The lowest BCUT2D eigenvalue weighted by Gasteiger charge is -2.28. The number of hydrogen-bond acceptors (Lipinski definition) is 12. The molecule has 312 valence electrons. The minimum absolute atomic E-state index is 0.00198. The van der Waals surface area contributed by atoms with Gasteiger partial charge in [-0.3, -0.25) is 4.79 Å². The summed E-state index contributed by atoms with van der Waals surface area (Å²) in [5.74, 6) is -2.38. The zero-order chi connectivity index (χ0) is 43.4. The van der Waals surface area contributed by atoms with Gasteiger partial charge in [0.15, 0.2) is 15.5 Å². The molecule has 59 heavy (non-hydrogen) atoms. The number of benzene rings is 3. The standard InChI is InChI=1S/C41H45FN6O10S/c1-24(26-10-15-29(42)16-11-26)35(49)43-30-17-12-27(13-18-30)28-14-21-34-44-37(46-47(34)23-28)48(32-20-19-31(59(9,53)54)22-33(32)55-8)39(52)57-25(2)56-36(50)41(6,7)45-38(51)58-40(3,4)5/h10-25H,1-9H3,(H,43,49)(H,45,51)/t24-,25?/m1/s1. The molecule has 0 bridgehead atoms. The summed E-state index contributed by atoms with van der Waals surface area (Å²) >= 11 is 0. The highest BCUT2D eigenvalue weighted by atomic mass is 32.2. The molecule has 2 heterocycles. The van der Waals surface area contributed by atoms with Crippen LogP contribution in [0.5, 0.6) is 5.75 Å². The average Bonchev–Trinajstić information content (AvgIpc) is 3.56. The zero-order valence-corrected chi connectivity index (χ0v) is 34.7. The number of aromatic nitrogens is 3. The van der Waals surface area contributed by atoms with Crippen molar-refractivity contribution in [3.8, 4) is 16.9 Å². The Kier molecular flexibility index (Phi) is 12.6. The van der Waals surface area contributed by atoms with Crippen LogP contribution in [0.25, 0.3) is 16.8 Å². The number of sulfone groups is 1. The number of hydrogen-bond donors (Lipinski definition) is 2. The van der Waals surface area contributed by atoms with Crippen molar-refractivity contribution in [3.63, 3.8) is 0 Å². The molecule has 0 spiro atoms. The van der Waals surface area contributed by atoms with E-state index in [2.05, 4.69) is 20.7 Å². The van der Waals surface area contributed by atoms with Crippen molar-refractivity contribution in [2.45, 2.75) is 76.7 Å². The lowest BCUT2D eigenvalue weighted by molar-refractivity contribution is -0.171. The highest BCUT2D eigenvalue weighted by Gasteiger charge is 2.36. The quantitative estimate of drug-likeness (QED) is 0.0952. The molecule has 3 amide bonds. The monoisotopic (exact) mass is 832 g/mol. The molecule has 0 aliphatic carbocycles. The molecule has 3 aromatic carbocycles. The zero-order valence-electron chi connectivity index (χ0n) is 33.9. The number of nitrogens with one attached hydrogen (secondary N) is 2. The van der Waals surface area contributed by atoms with E-state index in [4.69, 9.17) is 18.9 Å². The fraction of sp³-hybridized carbons (Fsp3) is 0.317. The molecule has 0 saturated heterocycles. The van der Waals surface area contributed by atoms with Gasteiger partial charge in [-0.25, -0.2) is 36.6 Å². The van der Waals surface area contributed by atoms with Gasteiger partial charge in [-0.2, -0.15) is 4.98 Å². The van der Waals surface area contributed by atoms with Gasteiger partial charge in [-0.1, -0.05) is 24.3 Å². The summed E-state index contributed by atoms with van der Waals surface area (Å²) in [6, 6.07) is 20.0. The van der Waals surface area contributed by atoms with Crippen LogP contribution in [-0.4, -0.2) is 77.9 Å². The van der Waals surface area contributed by atoms with E-state index in [0.29, 0.717) is 22.5 Å². The van der Waals surface area contributed by atoms with Gasteiger partial charge in [0.25, 0.3) is 5.95 Å². The molecule has 5 rings (SSSR count). The van der Waals surface area contributed by atoms with Crippen LogP contribution >= 0.6 is 0 Å². The number of amides is 3. The van der Waals surface area contributed by atoms with Crippen molar-refractivity contribution in [1.82, 2.24) is 19.9 Å². The van der Waals surface area contributed by atoms with E-state index in [1.165, 1.54) is 62.7 Å². The summed E-state index contributed by atoms with van der Waals surface area (Å²) < 4.78 is 61.2. The molecule has 0 aliphatic rings. The first-order valence-electron chi connectivity index (χ1n) is 18.2. The van der Waals surface area contributed by atoms with E-state index in [9.17, 15) is 32.0 Å². The number of nitrogens with zero attached hydrogens (tertiary/aromatic N) is 4. The van der Waals surface area contributed by atoms with E-state index in [1.54, 1.807) is 82.4 Å². The molecule has 0 saturated carbocycles.